The molecule has 0 aromatic carbocycles. The van der Waals surface area contributed by atoms with Crippen LogP contribution in [0.5, 0.6) is 0 Å². The Morgan fingerprint density at radius 3 is 3.11 bits per heavy atom. The number of halogens is 1. The first kappa shape index (κ1) is 12.8. The normalized spacial score (nSPS) is 17.6. The first-order valence-corrected chi connectivity index (χ1v) is 6.39. The molecule has 1 N–H and O–H groups in total. The molecule has 0 atom stereocenters. The van der Waals surface area contributed by atoms with Crippen LogP contribution in [-0.2, 0) is 6.54 Å². The van der Waals surface area contributed by atoms with E-state index in [9.17, 15) is 10.1 Å². The fraction of sp³-hybridized carbons (Fsp3) is 0.364. The average Bonchev–Trinajstić information content (AvgIpc) is 2.34. The third kappa shape index (κ3) is 3.43. The Morgan fingerprint density at radius 2 is 2.44 bits per heavy atom. The standard InChI is InChI=1S/C11H13BrN4O2/c12-10-3-2-9(6-14-10)7-15-5-1-4-13-11(15)8-16(17)18/h2-3,6,8,13H,1,4-5,7H2. The minimum absolute atomic E-state index is 0.430. The van der Waals surface area contributed by atoms with E-state index < -0.39 is 4.92 Å². The highest BCUT2D eigenvalue weighted by atomic mass is 79.9. The van der Waals surface area contributed by atoms with Crippen LogP contribution in [0.2, 0.25) is 0 Å². The molecule has 7 heteroatoms. The molecule has 96 valence electrons. The van der Waals surface area contributed by atoms with E-state index in [1.165, 1.54) is 0 Å². The Labute approximate surface area is 113 Å². The van der Waals surface area contributed by atoms with Gasteiger partial charge in [0.2, 0.25) is 0 Å². The highest BCUT2D eigenvalue weighted by Crippen LogP contribution is 2.14. The van der Waals surface area contributed by atoms with E-state index in [4.69, 9.17) is 0 Å². The molecule has 18 heavy (non-hydrogen) atoms. The van der Waals surface area contributed by atoms with Gasteiger partial charge < -0.3 is 10.2 Å². The number of nitrogens with one attached hydrogen (secondary N) is 1. The van der Waals surface area contributed by atoms with Crippen molar-refractivity contribution < 1.29 is 4.92 Å². The van der Waals surface area contributed by atoms with Crippen LogP contribution in [-0.4, -0.2) is 27.9 Å². The highest BCUT2D eigenvalue weighted by molar-refractivity contribution is 9.10. The Bertz CT molecular complexity index is 461. The van der Waals surface area contributed by atoms with Crippen molar-refractivity contribution >= 4 is 15.9 Å². The van der Waals surface area contributed by atoms with Crippen LogP contribution in [0.3, 0.4) is 0 Å². The summed E-state index contributed by atoms with van der Waals surface area (Å²) in [7, 11) is 0. The minimum atomic E-state index is -0.430. The van der Waals surface area contributed by atoms with Gasteiger partial charge in [-0.2, -0.15) is 0 Å². The van der Waals surface area contributed by atoms with Gasteiger partial charge in [0.05, 0.1) is 4.92 Å². The molecule has 1 aliphatic rings. The van der Waals surface area contributed by atoms with E-state index in [2.05, 4.69) is 26.2 Å². The lowest BCUT2D eigenvalue weighted by Crippen LogP contribution is -2.39. The molecule has 1 fully saturated rings. The van der Waals surface area contributed by atoms with Gasteiger partial charge in [0.15, 0.2) is 5.82 Å². The Hall–Kier alpha value is -1.63. The van der Waals surface area contributed by atoms with Crippen LogP contribution < -0.4 is 5.32 Å². The van der Waals surface area contributed by atoms with Crippen molar-refractivity contribution in [3.8, 4) is 0 Å². The van der Waals surface area contributed by atoms with E-state index >= 15 is 0 Å². The van der Waals surface area contributed by atoms with Gasteiger partial charge in [-0.1, -0.05) is 6.07 Å². The van der Waals surface area contributed by atoms with Crippen molar-refractivity contribution in [3.63, 3.8) is 0 Å². The summed E-state index contributed by atoms with van der Waals surface area (Å²) in [5, 5.41) is 13.6. The Balaban J connectivity index is 2.10. The molecule has 0 bridgehead atoms. The highest BCUT2D eigenvalue weighted by Gasteiger charge is 2.17. The SMILES string of the molecule is O=[N+]([O-])C=C1NCCCN1Cc1ccc(Br)nc1. The maximum absolute atomic E-state index is 10.6. The topological polar surface area (TPSA) is 71.3 Å². The van der Waals surface area contributed by atoms with Crippen molar-refractivity contribution in [3.05, 3.63) is 50.6 Å². The molecule has 0 aliphatic carbocycles. The van der Waals surface area contributed by atoms with Gasteiger partial charge in [-0.05, 0) is 34.0 Å². The summed E-state index contributed by atoms with van der Waals surface area (Å²) in [6, 6.07) is 3.82. The first-order chi connectivity index (χ1) is 8.65. The molecule has 2 heterocycles. The van der Waals surface area contributed by atoms with Crippen LogP contribution in [0, 0.1) is 10.1 Å². The largest absolute Gasteiger partial charge is 0.367 e. The van der Waals surface area contributed by atoms with Crippen LogP contribution in [0.1, 0.15) is 12.0 Å². The van der Waals surface area contributed by atoms with Gasteiger partial charge >= 0.3 is 0 Å². The van der Waals surface area contributed by atoms with Crippen molar-refractivity contribution in [2.75, 3.05) is 13.1 Å². The predicted molar refractivity (Wildman–Crippen MR) is 70.0 cm³/mol. The number of nitrogens with zero attached hydrogens (tertiary/aromatic N) is 3. The van der Waals surface area contributed by atoms with Gasteiger partial charge in [0.1, 0.15) is 4.60 Å². The molecule has 0 saturated carbocycles. The van der Waals surface area contributed by atoms with Gasteiger partial charge in [-0.3, -0.25) is 10.1 Å². The molecule has 6 nitrogen and oxygen atoms in total. The maximum atomic E-state index is 10.6. The van der Waals surface area contributed by atoms with Crippen molar-refractivity contribution in [1.82, 2.24) is 15.2 Å². The Morgan fingerprint density at radius 1 is 1.61 bits per heavy atom. The lowest BCUT2D eigenvalue weighted by molar-refractivity contribution is -0.405. The molecule has 2 rings (SSSR count). The van der Waals surface area contributed by atoms with E-state index in [0.717, 1.165) is 35.9 Å². The second kappa shape index (κ2) is 5.81. The van der Waals surface area contributed by atoms with Crippen LogP contribution in [0.15, 0.2) is 35.0 Å². The molecule has 1 aromatic rings. The second-order valence-corrected chi connectivity index (χ2v) is 4.80. The van der Waals surface area contributed by atoms with Gasteiger partial charge in [-0.15, -0.1) is 0 Å². The minimum Gasteiger partial charge on any atom is -0.367 e. The molecule has 0 radical (unpaired) electrons. The van der Waals surface area contributed by atoms with Crippen LogP contribution in [0.4, 0.5) is 0 Å². The lowest BCUT2D eigenvalue weighted by Gasteiger charge is -2.30. The molecule has 1 aliphatic heterocycles. The number of rotatable bonds is 3. The van der Waals surface area contributed by atoms with Crippen molar-refractivity contribution in [2.24, 2.45) is 0 Å². The molecular formula is C11H13BrN4O2. The molecule has 1 aromatic heterocycles. The molecule has 0 unspecified atom stereocenters. The zero-order chi connectivity index (χ0) is 13.0. The molecular weight excluding hydrogens is 300 g/mol. The van der Waals surface area contributed by atoms with E-state index in [1.54, 1.807) is 6.20 Å². The van der Waals surface area contributed by atoms with Gasteiger partial charge in [0.25, 0.3) is 6.20 Å². The first-order valence-electron chi connectivity index (χ1n) is 5.60. The number of aromatic nitrogens is 1. The number of hydrogen-bond acceptors (Lipinski definition) is 5. The van der Waals surface area contributed by atoms with Crippen LogP contribution in [0.25, 0.3) is 0 Å². The summed E-state index contributed by atoms with van der Waals surface area (Å²) < 4.78 is 0.782. The predicted octanol–water partition coefficient (Wildman–Crippen LogP) is 1.72. The monoisotopic (exact) mass is 312 g/mol. The van der Waals surface area contributed by atoms with Crippen molar-refractivity contribution in [1.29, 1.82) is 0 Å². The molecule has 0 spiro atoms. The fourth-order valence-corrected chi connectivity index (χ4v) is 2.06. The summed E-state index contributed by atoms with van der Waals surface area (Å²) in [6.07, 6.45) is 3.76. The van der Waals surface area contributed by atoms with Crippen LogP contribution >= 0.6 is 15.9 Å². The summed E-state index contributed by atoms with van der Waals surface area (Å²) >= 11 is 3.28. The molecule has 0 amide bonds. The molecule has 1 saturated heterocycles. The summed E-state index contributed by atoms with van der Waals surface area (Å²) in [4.78, 5) is 16.2. The fourth-order valence-electron chi connectivity index (χ4n) is 1.83. The van der Waals surface area contributed by atoms with Gasteiger partial charge in [0, 0.05) is 25.8 Å². The van der Waals surface area contributed by atoms with E-state index in [0.29, 0.717) is 12.4 Å². The summed E-state index contributed by atoms with van der Waals surface area (Å²) in [5.41, 5.74) is 1.02. The lowest BCUT2D eigenvalue weighted by atomic mass is 10.2. The number of hydrogen-bond donors (Lipinski definition) is 1. The third-order valence-electron chi connectivity index (χ3n) is 2.64. The number of pyridine rings is 1. The van der Waals surface area contributed by atoms with Gasteiger partial charge in [-0.25, -0.2) is 4.98 Å². The Kier molecular flexibility index (Phi) is 4.14. The smallest absolute Gasteiger partial charge is 0.274 e. The maximum Gasteiger partial charge on any atom is 0.274 e. The summed E-state index contributed by atoms with van der Waals surface area (Å²) in [5.74, 6) is 0.564. The average molecular weight is 313 g/mol. The third-order valence-corrected chi connectivity index (χ3v) is 3.11. The zero-order valence-corrected chi connectivity index (χ0v) is 11.3. The number of nitro groups is 1. The quantitative estimate of drug-likeness (QED) is 0.522. The van der Waals surface area contributed by atoms with E-state index in [-0.39, 0.29) is 0 Å². The van der Waals surface area contributed by atoms with E-state index in [1.807, 2.05) is 17.0 Å². The zero-order valence-electron chi connectivity index (χ0n) is 9.67. The summed E-state index contributed by atoms with van der Waals surface area (Å²) in [6.45, 7) is 2.20. The van der Waals surface area contributed by atoms with Crippen molar-refractivity contribution in [2.45, 2.75) is 13.0 Å². The second-order valence-electron chi connectivity index (χ2n) is 3.99.